The normalized spacial score (nSPS) is 27.2. The first-order chi connectivity index (χ1) is 15.2. The minimum absolute atomic E-state index is 0.0806. The molecule has 3 aromatic carbocycles. The monoisotopic (exact) mass is 494 g/mol. The SMILES string of the molecule is C[C@]1(C(=O)O)N[C@H](c2cc(Br)ccc2O)[C@H]2C(=O)N(c3cccc4ccccc34)C(=O)[C@@H]21. The number of carboxylic acids is 1. The Kier molecular flexibility index (Phi) is 4.61. The van der Waals surface area contributed by atoms with Crippen molar-refractivity contribution in [1.82, 2.24) is 5.32 Å². The Morgan fingerprint density at radius 1 is 1.06 bits per heavy atom. The topological polar surface area (TPSA) is 107 Å². The van der Waals surface area contributed by atoms with Crippen LogP contribution in [0.4, 0.5) is 5.69 Å². The summed E-state index contributed by atoms with van der Waals surface area (Å²) in [5.41, 5.74) is -0.895. The van der Waals surface area contributed by atoms with Crippen LogP contribution in [-0.4, -0.2) is 33.5 Å². The van der Waals surface area contributed by atoms with E-state index in [9.17, 15) is 24.6 Å². The number of nitrogens with zero attached hydrogens (tertiary/aromatic N) is 1. The number of hydrogen-bond acceptors (Lipinski definition) is 5. The lowest BCUT2D eigenvalue weighted by Gasteiger charge is -2.28. The molecule has 7 nitrogen and oxygen atoms in total. The number of hydrogen-bond donors (Lipinski definition) is 3. The van der Waals surface area contributed by atoms with Gasteiger partial charge in [0.1, 0.15) is 11.3 Å². The van der Waals surface area contributed by atoms with Gasteiger partial charge in [0.25, 0.3) is 0 Å². The van der Waals surface area contributed by atoms with E-state index in [4.69, 9.17) is 0 Å². The van der Waals surface area contributed by atoms with Crippen molar-refractivity contribution in [3.05, 3.63) is 70.7 Å². The van der Waals surface area contributed by atoms with Crippen LogP contribution < -0.4 is 10.2 Å². The molecule has 0 unspecified atom stereocenters. The van der Waals surface area contributed by atoms with E-state index in [1.165, 1.54) is 13.0 Å². The lowest BCUT2D eigenvalue weighted by molar-refractivity contribution is -0.147. The number of aliphatic carboxylic acids is 1. The summed E-state index contributed by atoms with van der Waals surface area (Å²) in [4.78, 5) is 40.7. The third-order valence-corrected chi connectivity index (χ3v) is 7.06. The molecule has 2 heterocycles. The second-order valence-corrected chi connectivity index (χ2v) is 9.26. The molecule has 2 amide bonds. The van der Waals surface area contributed by atoms with Crippen LogP contribution in [0.1, 0.15) is 18.5 Å². The number of carbonyl (C=O) groups excluding carboxylic acids is 2. The number of halogens is 1. The number of phenolic OH excluding ortho intramolecular Hbond substituents is 1. The molecule has 2 saturated heterocycles. The van der Waals surface area contributed by atoms with Gasteiger partial charge < -0.3 is 10.2 Å². The predicted molar refractivity (Wildman–Crippen MR) is 121 cm³/mol. The number of fused-ring (bicyclic) bond motifs is 2. The number of carbonyl (C=O) groups is 3. The van der Waals surface area contributed by atoms with Crippen LogP contribution in [0.2, 0.25) is 0 Å². The molecule has 2 fully saturated rings. The van der Waals surface area contributed by atoms with Crippen LogP contribution in [-0.2, 0) is 14.4 Å². The molecule has 8 heteroatoms. The van der Waals surface area contributed by atoms with Gasteiger partial charge in [-0.2, -0.15) is 0 Å². The van der Waals surface area contributed by atoms with Crippen LogP contribution in [0, 0.1) is 11.8 Å². The molecule has 0 radical (unpaired) electrons. The third kappa shape index (κ3) is 2.79. The molecular formula is C24H19BrN2O5. The van der Waals surface area contributed by atoms with Crippen LogP contribution in [0.3, 0.4) is 0 Å². The minimum Gasteiger partial charge on any atom is -0.508 e. The molecule has 0 saturated carbocycles. The molecule has 32 heavy (non-hydrogen) atoms. The fraction of sp³-hybridized carbons (Fsp3) is 0.208. The summed E-state index contributed by atoms with van der Waals surface area (Å²) < 4.78 is 0.662. The quantitative estimate of drug-likeness (QED) is 0.480. The van der Waals surface area contributed by atoms with Crippen molar-refractivity contribution in [2.45, 2.75) is 18.5 Å². The van der Waals surface area contributed by atoms with Gasteiger partial charge in [-0.1, -0.05) is 52.3 Å². The number of imide groups is 1. The number of benzene rings is 3. The molecule has 0 bridgehead atoms. The highest BCUT2D eigenvalue weighted by molar-refractivity contribution is 9.10. The van der Waals surface area contributed by atoms with Crippen molar-refractivity contribution in [3.8, 4) is 5.75 Å². The molecule has 3 aromatic rings. The van der Waals surface area contributed by atoms with Gasteiger partial charge in [-0.25, -0.2) is 4.90 Å². The van der Waals surface area contributed by atoms with Gasteiger partial charge in [0, 0.05) is 21.5 Å². The molecule has 162 valence electrons. The number of nitrogens with one attached hydrogen (secondary N) is 1. The average molecular weight is 495 g/mol. The molecule has 0 aromatic heterocycles. The molecular weight excluding hydrogens is 476 g/mol. The van der Waals surface area contributed by atoms with Crippen molar-refractivity contribution < 1.29 is 24.6 Å². The van der Waals surface area contributed by atoms with E-state index >= 15 is 0 Å². The first-order valence-electron chi connectivity index (χ1n) is 10.1. The highest BCUT2D eigenvalue weighted by Crippen LogP contribution is 2.51. The summed E-state index contributed by atoms with van der Waals surface area (Å²) in [6.45, 7) is 1.42. The molecule has 0 aliphatic carbocycles. The lowest BCUT2D eigenvalue weighted by Crippen LogP contribution is -2.53. The Hall–Kier alpha value is -3.23. The maximum Gasteiger partial charge on any atom is 0.324 e. The zero-order valence-electron chi connectivity index (χ0n) is 16.9. The third-order valence-electron chi connectivity index (χ3n) is 6.56. The van der Waals surface area contributed by atoms with Crippen LogP contribution >= 0.6 is 15.9 Å². The van der Waals surface area contributed by atoms with E-state index in [1.54, 1.807) is 24.3 Å². The lowest BCUT2D eigenvalue weighted by atomic mass is 9.80. The van der Waals surface area contributed by atoms with E-state index < -0.39 is 41.2 Å². The number of carboxylic acid groups (broad SMARTS) is 1. The van der Waals surface area contributed by atoms with Crippen molar-refractivity contribution in [2.75, 3.05) is 4.90 Å². The van der Waals surface area contributed by atoms with E-state index in [0.29, 0.717) is 15.7 Å². The first-order valence-corrected chi connectivity index (χ1v) is 10.9. The zero-order valence-corrected chi connectivity index (χ0v) is 18.5. The summed E-state index contributed by atoms with van der Waals surface area (Å²) in [7, 11) is 0. The second kappa shape index (κ2) is 7.15. The largest absolute Gasteiger partial charge is 0.508 e. The van der Waals surface area contributed by atoms with E-state index in [-0.39, 0.29) is 5.75 Å². The smallest absolute Gasteiger partial charge is 0.324 e. The fourth-order valence-corrected chi connectivity index (χ4v) is 5.40. The maximum atomic E-state index is 13.7. The second-order valence-electron chi connectivity index (χ2n) is 8.35. The molecule has 5 rings (SSSR count). The summed E-state index contributed by atoms with van der Waals surface area (Å²) in [5, 5.41) is 25.1. The summed E-state index contributed by atoms with van der Waals surface area (Å²) in [5.74, 6) is -4.48. The van der Waals surface area contributed by atoms with E-state index in [2.05, 4.69) is 21.2 Å². The zero-order chi connectivity index (χ0) is 22.8. The molecule has 2 aliphatic heterocycles. The van der Waals surface area contributed by atoms with Crippen LogP contribution in [0.25, 0.3) is 10.8 Å². The minimum atomic E-state index is -1.68. The van der Waals surface area contributed by atoms with Crippen LogP contribution in [0.15, 0.2) is 65.1 Å². The Labute approximate surface area is 191 Å². The van der Waals surface area contributed by atoms with Crippen molar-refractivity contribution in [2.24, 2.45) is 11.8 Å². The molecule has 0 spiro atoms. The van der Waals surface area contributed by atoms with Gasteiger partial charge in [0.2, 0.25) is 11.8 Å². The Morgan fingerprint density at radius 2 is 1.78 bits per heavy atom. The van der Waals surface area contributed by atoms with E-state index in [1.807, 2.05) is 30.3 Å². The number of rotatable bonds is 3. The number of phenols is 1. The van der Waals surface area contributed by atoms with Gasteiger partial charge in [0.05, 0.1) is 17.5 Å². The summed E-state index contributed by atoms with van der Waals surface area (Å²) in [6.07, 6.45) is 0. The molecule has 2 aliphatic rings. The Bertz CT molecular complexity index is 1300. The van der Waals surface area contributed by atoms with Gasteiger partial charge in [-0.05, 0) is 36.6 Å². The fourth-order valence-electron chi connectivity index (χ4n) is 5.02. The molecule has 3 N–H and O–H groups in total. The van der Waals surface area contributed by atoms with Gasteiger partial charge in [0.15, 0.2) is 0 Å². The van der Waals surface area contributed by atoms with Crippen molar-refractivity contribution in [3.63, 3.8) is 0 Å². The van der Waals surface area contributed by atoms with Gasteiger partial charge >= 0.3 is 5.97 Å². The van der Waals surface area contributed by atoms with E-state index in [0.717, 1.165) is 15.7 Å². The van der Waals surface area contributed by atoms with Gasteiger partial charge in [-0.15, -0.1) is 0 Å². The number of anilines is 1. The van der Waals surface area contributed by atoms with Crippen molar-refractivity contribution in [1.29, 1.82) is 0 Å². The average Bonchev–Trinajstić information content (AvgIpc) is 3.23. The molecule has 4 atom stereocenters. The number of aromatic hydroxyl groups is 1. The highest BCUT2D eigenvalue weighted by Gasteiger charge is 2.67. The number of amides is 2. The maximum absolute atomic E-state index is 13.7. The summed E-state index contributed by atoms with van der Waals surface area (Å²) in [6, 6.07) is 16.6. The standard InChI is InChI=1S/C24H19BrN2O5/c1-24(23(31)32)19-18(20(26-24)15-11-13(25)9-10-17(15)28)21(29)27(22(19)30)16-8-4-6-12-5-2-3-7-14(12)16/h2-11,18-20,26,28H,1H3,(H,31,32)/t18-,19+,20+,24-/m0/s1. The Balaban J connectivity index is 1.69. The van der Waals surface area contributed by atoms with Crippen molar-refractivity contribution >= 4 is 50.2 Å². The summed E-state index contributed by atoms with van der Waals surface area (Å²) >= 11 is 3.36. The first kappa shape index (κ1) is 20.7. The predicted octanol–water partition coefficient (Wildman–Crippen LogP) is 3.60. The van der Waals surface area contributed by atoms with Crippen LogP contribution in [0.5, 0.6) is 5.75 Å². The Morgan fingerprint density at radius 3 is 2.53 bits per heavy atom. The van der Waals surface area contributed by atoms with Gasteiger partial charge in [-0.3, -0.25) is 19.7 Å². The highest BCUT2D eigenvalue weighted by atomic mass is 79.9.